The average molecular weight is 441 g/mol. The minimum atomic E-state index is -3.52. The van der Waals surface area contributed by atoms with E-state index in [0.717, 1.165) is 29.4 Å². The van der Waals surface area contributed by atoms with Crippen molar-refractivity contribution in [2.75, 3.05) is 32.6 Å². The maximum absolute atomic E-state index is 12.9. The summed E-state index contributed by atoms with van der Waals surface area (Å²) in [6.07, 6.45) is 0.933. The van der Waals surface area contributed by atoms with Crippen LogP contribution in [0, 0.1) is 5.92 Å². The summed E-state index contributed by atoms with van der Waals surface area (Å²) in [4.78, 5) is 0.284. The van der Waals surface area contributed by atoms with Crippen molar-refractivity contribution >= 4 is 21.8 Å². The van der Waals surface area contributed by atoms with Crippen LogP contribution < -0.4 is 0 Å². The number of thioether (sulfide) groups is 1. The molecular weight excluding hydrogens is 408 g/mol. The SMILES string of the molecule is CCN(CC)S(=O)(=O)c1cccc(-c2nnc(SCCCOC)n2CC(C)C)c1. The van der Waals surface area contributed by atoms with Gasteiger partial charge in [0, 0.05) is 44.7 Å². The second-order valence-corrected chi connectivity index (χ2v) is 10.1. The molecule has 1 heterocycles. The molecule has 1 aromatic heterocycles. The van der Waals surface area contributed by atoms with E-state index in [1.165, 1.54) is 4.31 Å². The summed E-state index contributed by atoms with van der Waals surface area (Å²) in [5.74, 6) is 2.00. The highest BCUT2D eigenvalue weighted by atomic mass is 32.2. The summed E-state index contributed by atoms with van der Waals surface area (Å²) in [5, 5.41) is 9.63. The molecule has 0 fully saturated rings. The molecule has 0 unspecified atom stereocenters. The van der Waals surface area contributed by atoms with Crippen LogP contribution in [-0.2, 0) is 21.3 Å². The molecule has 7 nitrogen and oxygen atoms in total. The van der Waals surface area contributed by atoms with Crippen LogP contribution in [0.2, 0.25) is 0 Å². The van der Waals surface area contributed by atoms with Crippen LogP contribution in [-0.4, -0.2) is 60.0 Å². The first-order valence-corrected chi connectivity index (χ1v) is 12.4. The Hall–Kier alpha value is -1.42. The Kier molecular flexibility index (Phi) is 9.13. The zero-order chi connectivity index (χ0) is 21.4. The fourth-order valence-corrected chi connectivity index (χ4v) is 5.38. The third-order valence-corrected chi connectivity index (χ3v) is 7.52. The topological polar surface area (TPSA) is 77.3 Å². The van der Waals surface area contributed by atoms with Gasteiger partial charge < -0.3 is 9.30 Å². The highest BCUT2D eigenvalue weighted by Gasteiger charge is 2.23. The van der Waals surface area contributed by atoms with Crippen molar-refractivity contribution in [3.63, 3.8) is 0 Å². The molecule has 0 saturated heterocycles. The van der Waals surface area contributed by atoms with Gasteiger partial charge >= 0.3 is 0 Å². The highest BCUT2D eigenvalue weighted by molar-refractivity contribution is 7.99. The summed E-state index contributed by atoms with van der Waals surface area (Å²) < 4.78 is 34.5. The van der Waals surface area contributed by atoms with Gasteiger partial charge in [-0.1, -0.05) is 51.6 Å². The van der Waals surface area contributed by atoms with Crippen LogP contribution in [0.1, 0.15) is 34.1 Å². The highest BCUT2D eigenvalue weighted by Crippen LogP contribution is 2.28. The van der Waals surface area contributed by atoms with Gasteiger partial charge in [0.25, 0.3) is 0 Å². The number of sulfonamides is 1. The lowest BCUT2D eigenvalue weighted by atomic mass is 10.2. The monoisotopic (exact) mass is 440 g/mol. The van der Waals surface area contributed by atoms with Gasteiger partial charge in [0.05, 0.1) is 4.90 Å². The number of rotatable bonds is 12. The largest absolute Gasteiger partial charge is 0.385 e. The van der Waals surface area contributed by atoms with Crippen molar-refractivity contribution in [2.24, 2.45) is 5.92 Å². The van der Waals surface area contributed by atoms with E-state index in [9.17, 15) is 8.42 Å². The predicted molar refractivity (Wildman–Crippen MR) is 118 cm³/mol. The van der Waals surface area contributed by atoms with E-state index in [1.807, 2.05) is 19.9 Å². The van der Waals surface area contributed by atoms with E-state index in [4.69, 9.17) is 4.74 Å². The number of methoxy groups -OCH3 is 1. The van der Waals surface area contributed by atoms with Crippen molar-refractivity contribution in [1.82, 2.24) is 19.1 Å². The minimum absolute atomic E-state index is 0.284. The van der Waals surface area contributed by atoms with Crippen LogP contribution in [0.25, 0.3) is 11.4 Å². The average Bonchev–Trinajstić information content (AvgIpc) is 3.08. The zero-order valence-corrected chi connectivity index (χ0v) is 19.6. The molecule has 0 aliphatic heterocycles. The number of hydrogen-bond donors (Lipinski definition) is 0. The normalized spacial score (nSPS) is 12.2. The Labute approximate surface area is 178 Å². The van der Waals surface area contributed by atoms with E-state index in [2.05, 4.69) is 28.6 Å². The lowest BCUT2D eigenvalue weighted by Crippen LogP contribution is -2.30. The molecular formula is C20H32N4O3S2. The van der Waals surface area contributed by atoms with Gasteiger partial charge in [-0.15, -0.1) is 10.2 Å². The molecule has 2 aromatic rings. The molecule has 29 heavy (non-hydrogen) atoms. The van der Waals surface area contributed by atoms with Gasteiger partial charge in [-0.05, 0) is 24.5 Å². The van der Waals surface area contributed by atoms with Crippen LogP contribution in [0.5, 0.6) is 0 Å². The first-order chi connectivity index (χ1) is 13.8. The maximum atomic E-state index is 12.9. The third-order valence-electron chi connectivity index (χ3n) is 4.42. The first kappa shape index (κ1) is 23.9. The van der Waals surface area contributed by atoms with Crippen molar-refractivity contribution < 1.29 is 13.2 Å². The summed E-state index contributed by atoms with van der Waals surface area (Å²) in [6, 6.07) is 7.00. The Morgan fingerprint density at radius 3 is 2.55 bits per heavy atom. The Morgan fingerprint density at radius 1 is 1.21 bits per heavy atom. The number of benzene rings is 1. The summed E-state index contributed by atoms with van der Waals surface area (Å²) in [5.41, 5.74) is 0.759. The number of nitrogens with zero attached hydrogens (tertiary/aromatic N) is 4. The van der Waals surface area contributed by atoms with Crippen LogP contribution in [0.4, 0.5) is 0 Å². The van der Waals surface area contributed by atoms with Gasteiger partial charge in [-0.2, -0.15) is 4.31 Å². The van der Waals surface area contributed by atoms with Crippen molar-refractivity contribution in [2.45, 2.75) is 50.7 Å². The molecule has 9 heteroatoms. The summed E-state index contributed by atoms with van der Waals surface area (Å²) in [7, 11) is -1.83. The van der Waals surface area contributed by atoms with Gasteiger partial charge in [-0.25, -0.2) is 8.42 Å². The smallest absolute Gasteiger partial charge is 0.243 e. The number of aromatic nitrogens is 3. The molecule has 0 amide bonds. The third kappa shape index (κ3) is 6.04. The van der Waals surface area contributed by atoms with Crippen LogP contribution in [0.3, 0.4) is 0 Å². The molecule has 0 saturated carbocycles. The number of ether oxygens (including phenoxy) is 1. The fraction of sp³-hybridized carbons (Fsp3) is 0.600. The molecule has 1 aromatic carbocycles. The van der Waals surface area contributed by atoms with Gasteiger partial charge in [0.1, 0.15) is 0 Å². The Balaban J connectivity index is 2.40. The molecule has 0 aliphatic rings. The second kappa shape index (κ2) is 11.1. The van der Waals surface area contributed by atoms with Crippen molar-refractivity contribution in [3.05, 3.63) is 24.3 Å². The van der Waals surface area contributed by atoms with E-state index < -0.39 is 10.0 Å². The predicted octanol–water partition coefficient (Wildman–Crippen LogP) is 3.76. The van der Waals surface area contributed by atoms with Crippen LogP contribution >= 0.6 is 11.8 Å². The maximum Gasteiger partial charge on any atom is 0.243 e. The van der Waals surface area contributed by atoms with E-state index in [1.54, 1.807) is 37.1 Å². The lowest BCUT2D eigenvalue weighted by Gasteiger charge is -2.19. The van der Waals surface area contributed by atoms with E-state index in [0.29, 0.717) is 31.4 Å². The van der Waals surface area contributed by atoms with Gasteiger partial charge in [0.2, 0.25) is 10.0 Å². The lowest BCUT2D eigenvalue weighted by molar-refractivity contribution is 0.200. The first-order valence-electron chi connectivity index (χ1n) is 10.0. The summed E-state index contributed by atoms with van der Waals surface area (Å²) >= 11 is 1.65. The molecule has 0 bridgehead atoms. The van der Waals surface area contributed by atoms with Gasteiger partial charge in [0.15, 0.2) is 11.0 Å². The zero-order valence-electron chi connectivity index (χ0n) is 18.0. The minimum Gasteiger partial charge on any atom is -0.385 e. The number of hydrogen-bond acceptors (Lipinski definition) is 6. The standard InChI is InChI=1S/C20H32N4O3S2/c1-6-23(7-2)29(25,26)18-11-8-10-17(14-18)19-21-22-20(24(19)15-16(3)4)28-13-9-12-27-5/h8,10-11,14,16H,6-7,9,12-13,15H2,1-5H3. The Morgan fingerprint density at radius 2 is 1.93 bits per heavy atom. The molecule has 2 rings (SSSR count). The molecule has 0 spiro atoms. The fourth-order valence-electron chi connectivity index (χ4n) is 3.01. The van der Waals surface area contributed by atoms with Crippen molar-refractivity contribution in [1.29, 1.82) is 0 Å². The van der Waals surface area contributed by atoms with Gasteiger partial charge in [-0.3, -0.25) is 0 Å². The second-order valence-electron chi connectivity index (χ2n) is 7.12. The van der Waals surface area contributed by atoms with E-state index in [-0.39, 0.29) is 4.90 Å². The summed E-state index contributed by atoms with van der Waals surface area (Å²) in [6.45, 7) is 10.3. The molecule has 0 aliphatic carbocycles. The van der Waals surface area contributed by atoms with E-state index >= 15 is 0 Å². The molecule has 0 N–H and O–H groups in total. The van der Waals surface area contributed by atoms with Crippen LogP contribution in [0.15, 0.2) is 34.3 Å². The molecule has 0 atom stereocenters. The Bertz CT molecular complexity index is 878. The molecule has 162 valence electrons. The van der Waals surface area contributed by atoms with Crippen molar-refractivity contribution in [3.8, 4) is 11.4 Å². The quantitative estimate of drug-likeness (QED) is 0.369. The molecule has 0 radical (unpaired) electrons.